The van der Waals surface area contributed by atoms with E-state index in [1.165, 1.54) is 18.4 Å². The molecule has 0 amide bonds. The zero-order valence-corrected chi connectivity index (χ0v) is 26.5. The van der Waals surface area contributed by atoms with Crippen molar-refractivity contribution in [1.29, 1.82) is 0 Å². The highest BCUT2D eigenvalue weighted by Gasteiger charge is 2.54. The highest BCUT2D eigenvalue weighted by Crippen LogP contribution is 2.59. The van der Waals surface area contributed by atoms with Crippen LogP contribution in [0.4, 0.5) is 0 Å². The summed E-state index contributed by atoms with van der Waals surface area (Å²) >= 11 is 0. The molecule has 3 atom stereocenters. The molecule has 1 fully saturated rings. The van der Waals surface area contributed by atoms with Gasteiger partial charge in [-0.3, -0.25) is 0 Å². The summed E-state index contributed by atoms with van der Waals surface area (Å²) in [5.41, 5.74) is 7.55. The summed E-state index contributed by atoms with van der Waals surface area (Å²) in [5, 5.41) is 1.59. The molecule has 3 aliphatic rings. The highest BCUT2D eigenvalue weighted by molar-refractivity contribution is 6.88. The predicted octanol–water partition coefficient (Wildman–Crippen LogP) is 8.35. The van der Waals surface area contributed by atoms with Crippen molar-refractivity contribution >= 4 is 27.1 Å². The molecule has 1 aromatic carbocycles. The van der Waals surface area contributed by atoms with Crippen molar-refractivity contribution in [1.82, 2.24) is 4.57 Å². The third-order valence-corrected chi connectivity index (χ3v) is 16.2. The topological polar surface area (TPSA) is 3.24 Å². The maximum absolute atomic E-state index is 2.95. The second-order valence-corrected chi connectivity index (χ2v) is 25.1. The van der Waals surface area contributed by atoms with Gasteiger partial charge in [0.15, 0.2) is 0 Å². The molecule has 0 aliphatic heterocycles. The smallest absolute Gasteiger partial charge is 0.126 e. The molecule has 0 aromatic heterocycles. The Balaban J connectivity index is 1.77. The van der Waals surface area contributed by atoms with E-state index < -0.39 is 16.3 Å². The number of fused-ring (bicyclic) bond motifs is 4. The highest BCUT2D eigenvalue weighted by atomic mass is 28.3. The Kier molecular flexibility index (Phi) is 6.00. The van der Waals surface area contributed by atoms with E-state index in [1.807, 2.05) is 0 Å². The van der Waals surface area contributed by atoms with E-state index in [0.717, 1.165) is 5.54 Å². The number of allylic oxidation sites excluding steroid dienone is 4. The normalized spacial score (nSPS) is 26.7. The molecule has 3 heteroatoms. The number of nitrogens with zero attached hydrogens (tertiary/aromatic N) is 1. The van der Waals surface area contributed by atoms with Crippen LogP contribution < -0.4 is 5.19 Å². The largest absolute Gasteiger partial charge is 0.314 e. The third-order valence-electron chi connectivity index (χ3n) is 9.15. The maximum atomic E-state index is 2.95. The van der Waals surface area contributed by atoms with Crippen molar-refractivity contribution in [3.63, 3.8) is 0 Å². The summed E-state index contributed by atoms with van der Waals surface area (Å²) in [7, 11) is -3.05. The molecular weight excluding hydrogens is 443 g/mol. The van der Waals surface area contributed by atoms with Crippen molar-refractivity contribution in [3.05, 3.63) is 47.1 Å². The van der Waals surface area contributed by atoms with E-state index in [1.54, 1.807) is 21.9 Å². The quantitative estimate of drug-likeness (QED) is 0.382. The first-order valence-electron chi connectivity index (χ1n) is 13.7. The molecule has 1 saturated carbocycles. The minimum atomic E-state index is -1.72. The lowest BCUT2D eigenvalue weighted by atomic mass is 9.76. The molecule has 0 heterocycles. The summed E-state index contributed by atoms with van der Waals surface area (Å²) in [6, 6.07) is 7.48. The molecule has 34 heavy (non-hydrogen) atoms. The van der Waals surface area contributed by atoms with Gasteiger partial charge in [0.25, 0.3) is 0 Å². The van der Waals surface area contributed by atoms with Crippen LogP contribution in [0.5, 0.6) is 0 Å². The number of benzene rings is 1. The van der Waals surface area contributed by atoms with E-state index in [-0.39, 0.29) is 16.5 Å². The summed E-state index contributed by atoms with van der Waals surface area (Å²) in [5.74, 6) is 1.40. The zero-order valence-electron chi connectivity index (χ0n) is 24.5. The van der Waals surface area contributed by atoms with Gasteiger partial charge in [-0.15, -0.1) is 0 Å². The van der Waals surface area contributed by atoms with Gasteiger partial charge in [0, 0.05) is 16.5 Å². The molecule has 0 saturated heterocycles. The van der Waals surface area contributed by atoms with Crippen LogP contribution in [0.2, 0.25) is 38.3 Å². The first kappa shape index (κ1) is 26.2. The van der Waals surface area contributed by atoms with Crippen LogP contribution in [-0.4, -0.2) is 32.0 Å². The fraction of sp³-hybridized carbons (Fsp3) is 0.677. The fourth-order valence-corrected chi connectivity index (χ4v) is 15.6. The van der Waals surface area contributed by atoms with Crippen LogP contribution in [-0.2, 0) is 5.41 Å². The first-order valence-corrected chi connectivity index (χ1v) is 20.2. The predicted molar refractivity (Wildman–Crippen MR) is 157 cm³/mol. The minimum Gasteiger partial charge on any atom is -0.314 e. The molecule has 0 radical (unpaired) electrons. The van der Waals surface area contributed by atoms with Crippen LogP contribution in [0.15, 0.2) is 35.9 Å². The number of hydrogen-bond donors (Lipinski definition) is 0. The number of hydrogen-bond acceptors (Lipinski definition) is 1. The summed E-state index contributed by atoms with van der Waals surface area (Å²) in [4.78, 5) is 0. The Hall–Kier alpha value is -0.906. The lowest BCUT2D eigenvalue weighted by Gasteiger charge is -2.57. The van der Waals surface area contributed by atoms with Gasteiger partial charge in [-0.25, -0.2) is 0 Å². The van der Waals surface area contributed by atoms with Crippen molar-refractivity contribution in [2.45, 2.75) is 123 Å². The summed E-state index contributed by atoms with van der Waals surface area (Å²) in [6.45, 7) is 32.3. The van der Waals surface area contributed by atoms with E-state index in [0.29, 0.717) is 11.8 Å². The average molecular weight is 494 g/mol. The van der Waals surface area contributed by atoms with Crippen molar-refractivity contribution in [2.75, 3.05) is 0 Å². The van der Waals surface area contributed by atoms with Gasteiger partial charge in [-0.2, -0.15) is 0 Å². The van der Waals surface area contributed by atoms with Crippen molar-refractivity contribution in [3.8, 4) is 0 Å². The Morgan fingerprint density at radius 3 is 1.97 bits per heavy atom. The Morgan fingerprint density at radius 1 is 0.853 bits per heavy atom. The zero-order chi connectivity index (χ0) is 25.6. The molecule has 1 nitrogen and oxygen atoms in total. The molecule has 3 aliphatic carbocycles. The average Bonchev–Trinajstić information content (AvgIpc) is 3.14. The molecule has 0 bridgehead atoms. The maximum Gasteiger partial charge on any atom is 0.126 e. The van der Waals surface area contributed by atoms with E-state index in [2.05, 4.69) is 123 Å². The lowest BCUT2D eigenvalue weighted by Crippen LogP contribution is -2.67. The van der Waals surface area contributed by atoms with E-state index >= 15 is 0 Å². The van der Waals surface area contributed by atoms with Gasteiger partial charge >= 0.3 is 0 Å². The second-order valence-electron chi connectivity index (χ2n) is 15.6. The molecular formula is C31H51NSi2. The van der Waals surface area contributed by atoms with Gasteiger partial charge < -0.3 is 4.57 Å². The fourth-order valence-electron chi connectivity index (χ4n) is 8.49. The van der Waals surface area contributed by atoms with Crippen LogP contribution in [0.25, 0.3) is 5.57 Å². The van der Waals surface area contributed by atoms with Gasteiger partial charge in [0.05, 0.1) is 8.07 Å². The van der Waals surface area contributed by atoms with Gasteiger partial charge in [-0.05, 0) is 87.6 Å². The van der Waals surface area contributed by atoms with Crippen LogP contribution >= 0.6 is 0 Å². The Morgan fingerprint density at radius 2 is 1.44 bits per heavy atom. The van der Waals surface area contributed by atoms with Crippen LogP contribution in [0, 0.1) is 11.8 Å². The second kappa shape index (κ2) is 7.79. The molecule has 0 spiro atoms. The van der Waals surface area contributed by atoms with Crippen LogP contribution in [0.3, 0.4) is 0 Å². The molecule has 3 unspecified atom stereocenters. The van der Waals surface area contributed by atoms with Gasteiger partial charge in [0.1, 0.15) is 8.24 Å². The Labute approximate surface area is 213 Å². The summed E-state index contributed by atoms with van der Waals surface area (Å²) in [6.07, 6.45) is 8.23. The summed E-state index contributed by atoms with van der Waals surface area (Å²) < 4.78 is 2.95. The monoisotopic (exact) mass is 493 g/mol. The molecule has 1 aromatic rings. The molecule has 188 valence electrons. The lowest BCUT2D eigenvalue weighted by molar-refractivity contribution is 0.122. The molecule has 4 rings (SSSR count). The first-order chi connectivity index (χ1) is 15.3. The van der Waals surface area contributed by atoms with Crippen LogP contribution in [0.1, 0.15) is 79.4 Å². The van der Waals surface area contributed by atoms with E-state index in [9.17, 15) is 0 Å². The van der Waals surface area contributed by atoms with Gasteiger partial charge in [-0.1, -0.05) is 88.5 Å². The van der Waals surface area contributed by atoms with Crippen molar-refractivity contribution < 1.29 is 0 Å². The van der Waals surface area contributed by atoms with Crippen molar-refractivity contribution in [2.24, 2.45) is 11.8 Å². The standard InChI is InChI=1S/C31H51NSi2/c1-29(2,3)32(30(4,5)6)34(12,13)28-17-14-21-18-25-23-16-15-22(33(9,10)11)19-26(23)31(7,8)27(25)20-24(21)28/h15-16,18-21,24,28H,14,17H2,1-13H3. The van der Waals surface area contributed by atoms with E-state index in [4.69, 9.17) is 0 Å². The minimum absolute atomic E-state index is 0.106. The number of rotatable bonds is 3. The third kappa shape index (κ3) is 4.08. The Bertz CT molecular complexity index is 1020. The molecule has 0 N–H and O–H groups in total. The SMILES string of the molecule is CC1(C)C2=CC3C(C=C2c2ccc([Si](C)(C)C)cc21)CCC3[Si](C)(C)N(C(C)(C)C)C(C)(C)C. The van der Waals surface area contributed by atoms with Gasteiger partial charge in [0.2, 0.25) is 0 Å².